The number of rotatable bonds is 4. The second-order valence-corrected chi connectivity index (χ2v) is 4.94. The van der Waals surface area contributed by atoms with E-state index in [0.29, 0.717) is 18.9 Å². The highest BCUT2D eigenvalue weighted by Gasteiger charge is 2.21. The van der Waals surface area contributed by atoms with E-state index in [1.54, 1.807) is 0 Å². The van der Waals surface area contributed by atoms with Gasteiger partial charge >= 0.3 is 5.97 Å². The van der Waals surface area contributed by atoms with Gasteiger partial charge in [0.2, 0.25) is 0 Å². The fraction of sp³-hybridized carbons (Fsp3) is 0.533. The summed E-state index contributed by atoms with van der Waals surface area (Å²) in [5, 5.41) is 0. The second kappa shape index (κ2) is 5.89. The van der Waals surface area contributed by atoms with E-state index in [1.165, 1.54) is 11.3 Å². The van der Waals surface area contributed by atoms with Crippen LogP contribution in [-0.2, 0) is 16.0 Å². The molecule has 0 N–H and O–H groups in total. The molecular weight excluding hydrogens is 226 g/mol. The molecule has 1 unspecified atom stereocenters. The van der Waals surface area contributed by atoms with Gasteiger partial charge in [0.1, 0.15) is 0 Å². The normalized spacial score (nSPS) is 18.3. The van der Waals surface area contributed by atoms with Gasteiger partial charge in [0.25, 0.3) is 0 Å². The number of benzene rings is 1. The van der Waals surface area contributed by atoms with Gasteiger partial charge < -0.3 is 9.64 Å². The number of hydrogen-bond donors (Lipinski definition) is 0. The van der Waals surface area contributed by atoms with Crippen LogP contribution in [0, 0.1) is 5.92 Å². The van der Waals surface area contributed by atoms with Crippen molar-refractivity contribution in [2.75, 3.05) is 24.6 Å². The predicted molar refractivity (Wildman–Crippen MR) is 72.8 cm³/mol. The number of hydrogen-bond acceptors (Lipinski definition) is 3. The van der Waals surface area contributed by atoms with Crippen molar-refractivity contribution in [3.05, 3.63) is 29.8 Å². The average Bonchev–Trinajstić information content (AvgIpc) is 2.36. The fourth-order valence-corrected chi connectivity index (χ4v) is 2.58. The van der Waals surface area contributed by atoms with E-state index in [9.17, 15) is 4.79 Å². The molecule has 0 fully saturated rings. The molecule has 1 aliphatic rings. The predicted octanol–water partition coefficient (Wildman–Crippen LogP) is 2.64. The van der Waals surface area contributed by atoms with Crippen LogP contribution < -0.4 is 4.90 Å². The molecule has 0 spiro atoms. The minimum absolute atomic E-state index is 0.104. The number of ether oxygens (including phenoxy) is 1. The zero-order valence-electron chi connectivity index (χ0n) is 11.2. The van der Waals surface area contributed by atoms with Gasteiger partial charge in [-0.25, -0.2) is 0 Å². The number of anilines is 1. The summed E-state index contributed by atoms with van der Waals surface area (Å²) in [5.74, 6) is 0.537. The lowest BCUT2D eigenvalue weighted by molar-refractivity contribution is -0.142. The Kier molecular flexibility index (Phi) is 4.24. The lowest BCUT2D eigenvalue weighted by atomic mass is 9.94. The molecule has 1 atom stereocenters. The van der Waals surface area contributed by atoms with Crippen molar-refractivity contribution in [1.82, 2.24) is 0 Å². The fourth-order valence-electron chi connectivity index (χ4n) is 2.58. The van der Waals surface area contributed by atoms with E-state index in [1.807, 2.05) is 6.92 Å². The topological polar surface area (TPSA) is 29.5 Å². The lowest BCUT2D eigenvalue weighted by Crippen LogP contribution is -2.35. The average molecular weight is 247 g/mol. The molecule has 3 heteroatoms. The first-order chi connectivity index (χ1) is 8.70. The molecule has 0 bridgehead atoms. The van der Waals surface area contributed by atoms with Crippen molar-refractivity contribution >= 4 is 11.7 Å². The summed E-state index contributed by atoms with van der Waals surface area (Å²) in [6.07, 6.45) is 1.60. The molecule has 0 radical (unpaired) electrons. The number of nitrogens with zero attached hydrogens (tertiary/aromatic N) is 1. The molecular formula is C15H21NO2. The smallest absolute Gasteiger partial charge is 0.307 e. The van der Waals surface area contributed by atoms with Crippen LogP contribution in [0.5, 0.6) is 0 Å². The van der Waals surface area contributed by atoms with Gasteiger partial charge in [0.05, 0.1) is 13.0 Å². The Balaban J connectivity index is 2.02. The Morgan fingerprint density at radius 2 is 2.22 bits per heavy atom. The summed E-state index contributed by atoms with van der Waals surface area (Å²) in [7, 11) is 0. The number of carbonyl (C=O) groups is 1. The number of fused-ring (bicyclic) bond motifs is 1. The van der Waals surface area contributed by atoms with Crippen LogP contribution in [0.4, 0.5) is 5.69 Å². The third-order valence-electron chi connectivity index (χ3n) is 3.32. The monoisotopic (exact) mass is 247 g/mol. The van der Waals surface area contributed by atoms with Crippen LogP contribution >= 0.6 is 0 Å². The Bertz CT molecular complexity index is 417. The summed E-state index contributed by atoms with van der Waals surface area (Å²) in [6, 6.07) is 8.47. The first-order valence-corrected chi connectivity index (χ1v) is 6.69. The first kappa shape index (κ1) is 12.9. The standard InChI is InChI=1S/C15H21NO2/c1-3-18-15(17)8-9-16-11-12(2)10-13-6-4-5-7-14(13)16/h4-7,12H,3,8-11H2,1-2H3. The van der Waals surface area contributed by atoms with E-state index in [4.69, 9.17) is 4.74 Å². The van der Waals surface area contributed by atoms with Crippen LogP contribution in [-0.4, -0.2) is 25.7 Å². The van der Waals surface area contributed by atoms with Gasteiger partial charge in [-0.05, 0) is 30.9 Å². The van der Waals surface area contributed by atoms with E-state index in [2.05, 4.69) is 36.1 Å². The minimum Gasteiger partial charge on any atom is -0.466 e. The summed E-state index contributed by atoms with van der Waals surface area (Å²) >= 11 is 0. The molecule has 0 saturated heterocycles. The maximum atomic E-state index is 11.4. The summed E-state index contributed by atoms with van der Waals surface area (Å²) in [6.45, 7) is 6.34. The highest BCUT2D eigenvalue weighted by atomic mass is 16.5. The molecule has 98 valence electrons. The van der Waals surface area contributed by atoms with E-state index in [0.717, 1.165) is 19.5 Å². The summed E-state index contributed by atoms with van der Waals surface area (Å²) < 4.78 is 4.98. The van der Waals surface area contributed by atoms with Gasteiger partial charge in [-0.15, -0.1) is 0 Å². The van der Waals surface area contributed by atoms with Crippen LogP contribution in [0.25, 0.3) is 0 Å². The zero-order valence-corrected chi connectivity index (χ0v) is 11.2. The quantitative estimate of drug-likeness (QED) is 0.766. The molecule has 1 aromatic rings. The van der Waals surface area contributed by atoms with Crippen molar-refractivity contribution < 1.29 is 9.53 Å². The molecule has 2 rings (SSSR count). The molecule has 0 aliphatic carbocycles. The third-order valence-corrected chi connectivity index (χ3v) is 3.32. The highest BCUT2D eigenvalue weighted by Crippen LogP contribution is 2.29. The second-order valence-electron chi connectivity index (χ2n) is 4.94. The summed E-state index contributed by atoms with van der Waals surface area (Å²) in [5.41, 5.74) is 2.67. The molecule has 0 amide bonds. The molecule has 1 heterocycles. The van der Waals surface area contributed by atoms with Crippen LogP contribution in [0.3, 0.4) is 0 Å². The summed E-state index contributed by atoms with van der Waals surface area (Å²) in [4.78, 5) is 13.7. The van der Waals surface area contributed by atoms with Gasteiger partial charge in [-0.1, -0.05) is 25.1 Å². The maximum absolute atomic E-state index is 11.4. The van der Waals surface area contributed by atoms with Crippen LogP contribution in [0.1, 0.15) is 25.8 Å². The van der Waals surface area contributed by atoms with Crippen LogP contribution in [0.15, 0.2) is 24.3 Å². The maximum Gasteiger partial charge on any atom is 0.307 e. The Hall–Kier alpha value is -1.51. The SMILES string of the molecule is CCOC(=O)CCN1CC(C)Cc2ccccc21. The Morgan fingerprint density at radius 1 is 1.44 bits per heavy atom. The van der Waals surface area contributed by atoms with Gasteiger partial charge in [-0.3, -0.25) is 4.79 Å². The van der Waals surface area contributed by atoms with Gasteiger partial charge in [0.15, 0.2) is 0 Å². The van der Waals surface area contributed by atoms with Crippen molar-refractivity contribution in [2.45, 2.75) is 26.7 Å². The minimum atomic E-state index is -0.104. The Labute approximate surface area is 109 Å². The number of esters is 1. The number of carbonyl (C=O) groups excluding carboxylic acids is 1. The number of para-hydroxylation sites is 1. The third kappa shape index (κ3) is 3.03. The van der Waals surface area contributed by atoms with E-state index < -0.39 is 0 Å². The zero-order chi connectivity index (χ0) is 13.0. The largest absolute Gasteiger partial charge is 0.466 e. The highest BCUT2D eigenvalue weighted by molar-refractivity contribution is 5.70. The van der Waals surface area contributed by atoms with Gasteiger partial charge in [-0.2, -0.15) is 0 Å². The van der Waals surface area contributed by atoms with Crippen molar-refractivity contribution in [2.24, 2.45) is 5.92 Å². The first-order valence-electron chi connectivity index (χ1n) is 6.69. The lowest BCUT2D eigenvalue weighted by Gasteiger charge is -2.34. The molecule has 1 aromatic carbocycles. The van der Waals surface area contributed by atoms with Crippen molar-refractivity contribution in [1.29, 1.82) is 0 Å². The molecule has 18 heavy (non-hydrogen) atoms. The van der Waals surface area contributed by atoms with E-state index in [-0.39, 0.29) is 5.97 Å². The molecule has 0 saturated carbocycles. The van der Waals surface area contributed by atoms with Crippen molar-refractivity contribution in [3.8, 4) is 0 Å². The molecule has 3 nitrogen and oxygen atoms in total. The van der Waals surface area contributed by atoms with Crippen molar-refractivity contribution in [3.63, 3.8) is 0 Å². The Morgan fingerprint density at radius 3 is 3.00 bits per heavy atom. The van der Waals surface area contributed by atoms with Gasteiger partial charge in [0, 0.05) is 18.8 Å². The molecule has 0 aromatic heterocycles. The molecule has 1 aliphatic heterocycles. The van der Waals surface area contributed by atoms with E-state index >= 15 is 0 Å². The van der Waals surface area contributed by atoms with Crippen LogP contribution in [0.2, 0.25) is 0 Å².